The second kappa shape index (κ2) is 6.62. The van der Waals surface area contributed by atoms with E-state index < -0.39 is 28.6 Å². The van der Waals surface area contributed by atoms with Crippen molar-refractivity contribution in [3.05, 3.63) is 63.8 Å². The van der Waals surface area contributed by atoms with Gasteiger partial charge in [0.15, 0.2) is 0 Å². The third-order valence-electron chi connectivity index (χ3n) is 3.82. The van der Waals surface area contributed by atoms with E-state index >= 15 is 0 Å². The molecule has 1 saturated heterocycles. The van der Waals surface area contributed by atoms with Crippen LogP contribution in [0.4, 0.5) is 18.9 Å². The Morgan fingerprint density at radius 3 is 2.46 bits per heavy atom. The number of hydrogen-bond donors (Lipinski definition) is 0. The summed E-state index contributed by atoms with van der Waals surface area (Å²) in [5.41, 5.74) is -0.857. The van der Waals surface area contributed by atoms with Crippen LogP contribution in [0.5, 0.6) is 5.88 Å². The Labute approximate surface area is 145 Å². The van der Waals surface area contributed by atoms with Crippen molar-refractivity contribution >= 4 is 11.6 Å². The average molecular weight is 367 g/mol. The summed E-state index contributed by atoms with van der Waals surface area (Å²) in [6, 6.07) is 7.13. The number of hydrogen-bond acceptors (Lipinski definition) is 5. The number of alkyl halides is 3. The molecule has 2 aromatic rings. The molecule has 7 nitrogen and oxygen atoms in total. The van der Waals surface area contributed by atoms with Gasteiger partial charge in [-0.15, -0.1) is 0 Å². The van der Waals surface area contributed by atoms with Gasteiger partial charge in [0, 0.05) is 23.9 Å². The molecule has 1 aliphatic rings. The number of carbonyl (C=O) groups excluding carboxylic acids is 1. The summed E-state index contributed by atoms with van der Waals surface area (Å²) in [5.74, 6) is -0.899. The molecule has 0 radical (unpaired) electrons. The van der Waals surface area contributed by atoms with Crippen LogP contribution in [0, 0.1) is 10.1 Å². The van der Waals surface area contributed by atoms with E-state index in [1.54, 1.807) is 0 Å². The fourth-order valence-corrected chi connectivity index (χ4v) is 2.45. The number of aromatic nitrogens is 1. The maximum Gasteiger partial charge on any atom is 0.421 e. The largest absolute Gasteiger partial charge is 0.470 e. The molecule has 136 valence electrons. The van der Waals surface area contributed by atoms with Crippen molar-refractivity contribution in [2.45, 2.75) is 12.3 Å². The minimum Gasteiger partial charge on any atom is -0.470 e. The normalized spacial score (nSPS) is 14.7. The molecule has 1 aliphatic heterocycles. The van der Waals surface area contributed by atoms with Crippen LogP contribution in [-0.4, -0.2) is 39.9 Å². The molecule has 0 spiro atoms. The predicted octanol–water partition coefficient (Wildman–Crippen LogP) is 2.91. The van der Waals surface area contributed by atoms with Crippen molar-refractivity contribution in [3.63, 3.8) is 0 Å². The molecule has 3 rings (SSSR count). The number of rotatable bonds is 4. The van der Waals surface area contributed by atoms with Crippen LogP contribution < -0.4 is 4.74 Å². The van der Waals surface area contributed by atoms with E-state index in [-0.39, 0.29) is 30.2 Å². The Bertz CT molecular complexity index is 833. The molecule has 0 saturated carbocycles. The third kappa shape index (κ3) is 3.58. The summed E-state index contributed by atoms with van der Waals surface area (Å²) in [6.45, 7) is 0.202. The zero-order chi connectivity index (χ0) is 18.9. The van der Waals surface area contributed by atoms with E-state index in [4.69, 9.17) is 4.74 Å². The van der Waals surface area contributed by atoms with Crippen LogP contribution in [0.25, 0.3) is 0 Å². The molecule has 26 heavy (non-hydrogen) atoms. The van der Waals surface area contributed by atoms with Gasteiger partial charge in [0.05, 0.1) is 18.0 Å². The first-order chi connectivity index (χ1) is 12.3. The lowest BCUT2D eigenvalue weighted by Crippen LogP contribution is -2.56. The van der Waals surface area contributed by atoms with E-state index in [1.165, 1.54) is 41.4 Å². The number of non-ortho nitro benzene ring substituents is 1. The molecule has 1 fully saturated rings. The van der Waals surface area contributed by atoms with Crippen molar-refractivity contribution in [2.24, 2.45) is 0 Å². The number of carbonyl (C=O) groups is 1. The lowest BCUT2D eigenvalue weighted by Gasteiger charge is -2.38. The van der Waals surface area contributed by atoms with Crippen LogP contribution in [0.15, 0.2) is 42.6 Å². The number of benzene rings is 1. The maximum atomic E-state index is 12.9. The highest BCUT2D eigenvalue weighted by Gasteiger charge is 2.38. The Kier molecular flexibility index (Phi) is 4.49. The number of nitrogens with zero attached hydrogens (tertiary/aromatic N) is 3. The van der Waals surface area contributed by atoms with Gasteiger partial charge in [-0.2, -0.15) is 13.2 Å². The smallest absolute Gasteiger partial charge is 0.421 e. The summed E-state index contributed by atoms with van der Waals surface area (Å²) in [4.78, 5) is 27.3. The van der Waals surface area contributed by atoms with E-state index in [2.05, 4.69) is 4.98 Å². The average Bonchev–Trinajstić information content (AvgIpc) is 2.56. The second-order valence-electron chi connectivity index (χ2n) is 5.61. The molecule has 0 bridgehead atoms. The van der Waals surface area contributed by atoms with Gasteiger partial charge < -0.3 is 9.64 Å². The molecule has 0 atom stereocenters. The van der Waals surface area contributed by atoms with Crippen LogP contribution in [0.1, 0.15) is 15.9 Å². The number of amides is 1. The quantitative estimate of drug-likeness (QED) is 0.613. The summed E-state index contributed by atoms with van der Waals surface area (Å²) >= 11 is 0. The number of nitro benzene ring substituents is 1. The predicted molar refractivity (Wildman–Crippen MR) is 82.7 cm³/mol. The van der Waals surface area contributed by atoms with Crippen LogP contribution in [0.2, 0.25) is 0 Å². The molecule has 1 aromatic heterocycles. The van der Waals surface area contributed by atoms with Gasteiger partial charge in [0.1, 0.15) is 11.7 Å². The summed E-state index contributed by atoms with van der Waals surface area (Å²) < 4.78 is 44.0. The fraction of sp³-hybridized carbons (Fsp3) is 0.250. The molecule has 0 N–H and O–H groups in total. The lowest BCUT2D eigenvalue weighted by molar-refractivity contribution is -0.384. The first-order valence-electron chi connectivity index (χ1n) is 7.48. The number of nitro groups is 1. The molecule has 0 unspecified atom stereocenters. The second-order valence-corrected chi connectivity index (χ2v) is 5.61. The van der Waals surface area contributed by atoms with Crippen molar-refractivity contribution in [1.29, 1.82) is 0 Å². The Balaban J connectivity index is 1.61. The number of ether oxygens (including phenoxy) is 1. The Morgan fingerprint density at radius 1 is 1.23 bits per heavy atom. The SMILES string of the molecule is O=C(c1ccc([N+](=O)[O-])cc1)N1CC(Oc2ncccc2C(F)(F)F)C1. The van der Waals surface area contributed by atoms with Gasteiger partial charge in [-0.1, -0.05) is 0 Å². The molecule has 10 heteroatoms. The fourth-order valence-electron chi connectivity index (χ4n) is 2.45. The van der Waals surface area contributed by atoms with E-state index in [0.717, 1.165) is 6.07 Å². The molecule has 2 heterocycles. The van der Waals surface area contributed by atoms with Crippen molar-refractivity contribution < 1.29 is 27.6 Å². The highest BCUT2D eigenvalue weighted by molar-refractivity contribution is 5.95. The van der Waals surface area contributed by atoms with Gasteiger partial charge in [0.25, 0.3) is 11.6 Å². The van der Waals surface area contributed by atoms with Crippen LogP contribution >= 0.6 is 0 Å². The molecule has 1 aromatic carbocycles. The monoisotopic (exact) mass is 367 g/mol. The Morgan fingerprint density at radius 2 is 1.88 bits per heavy atom. The van der Waals surface area contributed by atoms with Gasteiger partial charge in [0.2, 0.25) is 5.88 Å². The zero-order valence-electron chi connectivity index (χ0n) is 13.1. The minimum atomic E-state index is -4.58. The van der Waals surface area contributed by atoms with Crippen molar-refractivity contribution in [1.82, 2.24) is 9.88 Å². The first-order valence-corrected chi connectivity index (χ1v) is 7.48. The summed E-state index contributed by atoms with van der Waals surface area (Å²) in [5, 5.41) is 10.6. The highest BCUT2D eigenvalue weighted by atomic mass is 19.4. The standard InChI is InChI=1S/C16H12F3N3O4/c17-16(18,19)13-2-1-7-20-14(13)26-12-8-21(9-12)15(23)10-3-5-11(6-4-10)22(24)25/h1-7,12H,8-9H2. The third-order valence-corrected chi connectivity index (χ3v) is 3.82. The summed E-state index contributed by atoms with van der Waals surface area (Å²) in [6.07, 6.45) is -3.99. The first kappa shape index (κ1) is 17.6. The zero-order valence-corrected chi connectivity index (χ0v) is 13.1. The number of likely N-dealkylation sites (tertiary alicyclic amines) is 1. The topological polar surface area (TPSA) is 85.6 Å². The molecule has 0 aliphatic carbocycles. The van der Waals surface area contributed by atoms with E-state index in [9.17, 15) is 28.1 Å². The number of halogens is 3. The lowest BCUT2D eigenvalue weighted by atomic mass is 10.1. The van der Waals surface area contributed by atoms with Gasteiger partial charge in [-0.05, 0) is 24.3 Å². The minimum absolute atomic E-state index is 0.101. The highest BCUT2D eigenvalue weighted by Crippen LogP contribution is 2.35. The molecule has 1 amide bonds. The summed E-state index contributed by atoms with van der Waals surface area (Å²) in [7, 11) is 0. The molecular weight excluding hydrogens is 355 g/mol. The number of pyridine rings is 1. The van der Waals surface area contributed by atoms with Gasteiger partial charge in [-0.3, -0.25) is 14.9 Å². The van der Waals surface area contributed by atoms with Gasteiger partial charge >= 0.3 is 6.18 Å². The molecular formula is C16H12F3N3O4. The van der Waals surface area contributed by atoms with Crippen molar-refractivity contribution in [3.8, 4) is 5.88 Å². The van der Waals surface area contributed by atoms with Crippen LogP contribution in [0.3, 0.4) is 0 Å². The maximum absolute atomic E-state index is 12.9. The Hall–Kier alpha value is -3.17. The van der Waals surface area contributed by atoms with E-state index in [0.29, 0.717) is 0 Å². The van der Waals surface area contributed by atoms with Crippen molar-refractivity contribution in [2.75, 3.05) is 13.1 Å². The van der Waals surface area contributed by atoms with Crippen LogP contribution in [-0.2, 0) is 6.18 Å². The van der Waals surface area contributed by atoms with E-state index in [1.807, 2.05) is 0 Å². The van der Waals surface area contributed by atoms with Gasteiger partial charge in [-0.25, -0.2) is 4.98 Å².